The Bertz CT molecular complexity index is 558. The molecule has 0 aliphatic carbocycles. The molecule has 0 unspecified atom stereocenters. The predicted octanol–water partition coefficient (Wildman–Crippen LogP) is 4.59. The van der Waals surface area contributed by atoms with Crippen molar-refractivity contribution in [2.24, 2.45) is 0 Å². The summed E-state index contributed by atoms with van der Waals surface area (Å²) < 4.78 is 0. The predicted molar refractivity (Wildman–Crippen MR) is 82.8 cm³/mol. The Hall–Kier alpha value is -1.22. The van der Waals surface area contributed by atoms with Crippen LogP contribution in [0.4, 0.5) is 0 Å². The van der Waals surface area contributed by atoms with E-state index in [2.05, 4.69) is 39.8 Å². The maximum atomic E-state index is 4.77. The number of aryl methyl sites for hydroxylation is 3. The monoisotopic (exact) mass is 274 g/mol. The minimum absolute atomic E-state index is 0.902. The minimum Gasteiger partial charge on any atom is -0.232 e. The first-order chi connectivity index (χ1) is 9.19. The highest BCUT2D eigenvalue weighted by Gasteiger charge is 2.11. The lowest BCUT2D eigenvalue weighted by Crippen LogP contribution is -2.03. The van der Waals surface area contributed by atoms with Crippen molar-refractivity contribution in [1.29, 1.82) is 0 Å². The quantitative estimate of drug-likeness (QED) is 0.797. The largest absolute Gasteiger partial charge is 0.232 e. The van der Waals surface area contributed by atoms with Gasteiger partial charge in [-0.3, -0.25) is 0 Å². The van der Waals surface area contributed by atoms with Crippen molar-refractivity contribution in [3.8, 4) is 10.7 Å². The molecule has 0 aromatic carbocycles. The van der Waals surface area contributed by atoms with Gasteiger partial charge in [-0.2, -0.15) is 0 Å². The zero-order chi connectivity index (χ0) is 13.8. The summed E-state index contributed by atoms with van der Waals surface area (Å²) in [5.41, 5.74) is 3.65. The summed E-state index contributed by atoms with van der Waals surface area (Å²) in [5.74, 6) is 0.902. The van der Waals surface area contributed by atoms with Gasteiger partial charge in [0.15, 0.2) is 5.82 Å². The summed E-state index contributed by atoms with van der Waals surface area (Å²) in [4.78, 5) is 12.1. The third-order valence-electron chi connectivity index (χ3n) is 3.37. The highest BCUT2D eigenvalue weighted by molar-refractivity contribution is 7.15. The van der Waals surface area contributed by atoms with Crippen molar-refractivity contribution >= 4 is 11.3 Å². The smallest absolute Gasteiger partial charge is 0.169 e. The lowest BCUT2D eigenvalue weighted by Gasteiger charge is -2.09. The minimum atomic E-state index is 0.902. The molecular weight excluding hydrogens is 252 g/mol. The average molecular weight is 274 g/mol. The summed E-state index contributed by atoms with van der Waals surface area (Å²) in [6, 6.07) is 4.37. The first kappa shape index (κ1) is 14.2. The lowest BCUT2D eigenvalue weighted by molar-refractivity contribution is 0.911. The van der Waals surface area contributed by atoms with Crippen LogP contribution in [-0.4, -0.2) is 9.97 Å². The molecule has 2 aromatic heterocycles. The standard InChI is InChI=1S/C16H22N2S/c1-5-8-12-9-10-15(19-12)16-17-11(4)13(6-2)14(7-3)18-16/h9-10H,5-8H2,1-4H3. The number of hydrogen-bond donors (Lipinski definition) is 0. The molecule has 0 bridgehead atoms. The van der Waals surface area contributed by atoms with Crippen LogP contribution in [0.1, 0.15) is 49.0 Å². The van der Waals surface area contributed by atoms with E-state index in [-0.39, 0.29) is 0 Å². The van der Waals surface area contributed by atoms with Gasteiger partial charge in [0.2, 0.25) is 0 Å². The van der Waals surface area contributed by atoms with Crippen LogP contribution in [0.15, 0.2) is 12.1 Å². The van der Waals surface area contributed by atoms with Crippen LogP contribution in [-0.2, 0) is 19.3 Å². The molecule has 0 saturated carbocycles. The Morgan fingerprint density at radius 1 is 1.05 bits per heavy atom. The zero-order valence-corrected chi connectivity index (χ0v) is 13.1. The van der Waals surface area contributed by atoms with Crippen LogP contribution < -0.4 is 0 Å². The Morgan fingerprint density at radius 2 is 1.84 bits per heavy atom. The van der Waals surface area contributed by atoms with E-state index >= 15 is 0 Å². The van der Waals surface area contributed by atoms with Gasteiger partial charge in [-0.05, 0) is 43.9 Å². The zero-order valence-electron chi connectivity index (χ0n) is 12.3. The highest BCUT2D eigenvalue weighted by atomic mass is 32.1. The summed E-state index contributed by atoms with van der Waals surface area (Å²) in [5, 5.41) is 0. The second-order valence-corrected chi connectivity index (χ2v) is 5.95. The van der Waals surface area contributed by atoms with Crippen molar-refractivity contribution in [1.82, 2.24) is 9.97 Å². The van der Waals surface area contributed by atoms with E-state index < -0.39 is 0 Å². The SMILES string of the molecule is CCCc1ccc(-c2nc(C)c(CC)c(CC)n2)s1. The third-order valence-corrected chi connectivity index (χ3v) is 4.51. The number of thiophene rings is 1. The molecule has 0 spiro atoms. The van der Waals surface area contributed by atoms with Crippen LogP contribution in [0.5, 0.6) is 0 Å². The van der Waals surface area contributed by atoms with E-state index in [1.165, 1.54) is 27.4 Å². The molecule has 2 heterocycles. The highest BCUT2D eigenvalue weighted by Crippen LogP contribution is 2.27. The van der Waals surface area contributed by atoms with Gasteiger partial charge >= 0.3 is 0 Å². The van der Waals surface area contributed by atoms with E-state index in [1.54, 1.807) is 0 Å². The third kappa shape index (κ3) is 3.03. The normalized spacial score (nSPS) is 10.9. The van der Waals surface area contributed by atoms with Crippen molar-refractivity contribution < 1.29 is 0 Å². The summed E-state index contributed by atoms with van der Waals surface area (Å²) >= 11 is 1.83. The van der Waals surface area contributed by atoms with Crippen LogP contribution in [0.2, 0.25) is 0 Å². The summed E-state index contributed by atoms with van der Waals surface area (Å²) in [6.07, 6.45) is 4.33. The Labute approximate surface area is 119 Å². The Morgan fingerprint density at radius 3 is 2.47 bits per heavy atom. The van der Waals surface area contributed by atoms with Crippen LogP contribution >= 0.6 is 11.3 Å². The van der Waals surface area contributed by atoms with Crippen molar-refractivity contribution in [2.75, 3.05) is 0 Å². The molecule has 102 valence electrons. The number of rotatable bonds is 5. The van der Waals surface area contributed by atoms with Crippen LogP contribution in [0, 0.1) is 6.92 Å². The molecule has 0 amide bonds. The molecule has 0 aliphatic heterocycles. The van der Waals surface area contributed by atoms with Crippen LogP contribution in [0.25, 0.3) is 10.7 Å². The van der Waals surface area contributed by atoms with Gasteiger partial charge in [-0.1, -0.05) is 27.2 Å². The number of aromatic nitrogens is 2. The maximum Gasteiger partial charge on any atom is 0.169 e. The summed E-state index contributed by atoms with van der Waals surface area (Å²) in [6.45, 7) is 8.66. The molecule has 0 aliphatic rings. The first-order valence-corrected chi connectivity index (χ1v) is 7.96. The molecule has 2 aromatic rings. The summed E-state index contributed by atoms with van der Waals surface area (Å²) in [7, 11) is 0. The topological polar surface area (TPSA) is 25.8 Å². The fourth-order valence-electron chi connectivity index (χ4n) is 2.40. The van der Waals surface area contributed by atoms with Crippen LogP contribution in [0.3, 0.4) is 0 Å². The van der Waals surface area contributed by atoms with E-state index in [4.69, 9.17) is 9.97 Å². The van der Waals surface area contributed by atoms with Crippen molar-refractivity contribution in [3.63, 3.8) is 0 Å². The maximum absolute atomic E-state index is 4.77. The van der Waals surface area contributed by atoms with Gasteiger partial charge in [0.05, 0.1) is 4.88 Å². The molecule has 0 saturated heterocycles. The van der Waals surface area contributed by atoms with Gasteiger partial charge in [0.25, 0.3) is 0 Å². The van der Waals surface area contributed by atoms with E-state index in [0.717, 1.165) is 30.8 Å². The Kier molecular flexibility index (Phi) is 4.70. The van der Waals surface area contributed by atoms with E-state index in [0.29, 0.717) is 0 Å². The molecule has 2 rings (SSSR count). The van der Waals surface area contributed by atoms with Gasteiger partial charge in [-0.15, -0.1) is 11.3 Å². The molecule has 0 atom stereocenters. The van der Waals surface area contributed by atoms with Gasteiger partial charge in [0.1, 0.15) is 0 Å². The molecule has 3 heteroatoms. The van der Waals surface area contributed by atoms with E-state index in [1.807, 2.05) is 11.3 Å². The molecule has 0 radical (unpaired) electrons. The number of hydrogen-bond acceptors (Lipinski definition) is 3. The molecule has 0 fully saturated rings. The van der Waals surface area contributed by atoms with Gasteiger partial charge < -0.3 is 0 Å². The molecule has 2 nitrogen and oxygen atoms in total. The van der Waals surface area contributed by atoms with Crippen molar-refractivity contribution in [3.05, 3.63) is 34.0 Å². The second kappa shape index (κ2) is 6.29. The second-order valence-electron chi connectivity index (χ2n) is 4.78. The van der Waals surface area contributed by atoms with Gasteiger partial charge in [0, 0.05) is 16.3 Å². The number of nitrogens with zero attached hydrogens (tertiary/aromatic N) is 2. The molecule has 0 N–H and O–H groups in total. The molecule has 19 heavy (non-hydrogen) atoms. The fraction of sp³-hybridized carbons (Fsp3) is 0.500. The average Bonchev–Trinajstić information content (AvgIpc) is 2.86. The fourth-order valence-corrected chi connectivity index (χ4v) is 3.44. The van der Waals surface area contributed by atoms with E-state index in [9.17, 15) is 0 Å². The molecular formula is C16H22N2S. The van der Waals surface area contributed by atoms with Crippen molar-refractivity contribution in [2.45, 2.75) is 53.4 Å². The van der Waals surface area contributed by atoms with Gasteiger partial charge in [-0.25, -0.2) is 9.97 Å². The Balaban J connectivity index is 2.41. The first-order valence-electron chi connectivity index (χ1n) is 7.15. The lowest BCUT2D eigenvalue weighted by atomic mass is 10.1.